The molecule has 0 atom stereocenters. The fraction of sp³-hybridized carbons (Fsp3) is 0.500. The molecule has 0 saturated carbocycles. The maximum atomic E-state index is 12.8. The molecule has 1 aromatic carbocycles. The second-order valence-corrected chi connectivity index (χ2v) is 8.45. The molecular weight excluding hydrogens is 457 g/mol. The van der Waals surface area contributed by atoms with E-state index in [1.54, 1.807) is 22.8 Å². The summed E-state index contributed by atoms with van der Waals surface area (Å²) in [5.74, 6) is 0.113. The van der Waals surface area contributed by atoms with Crippen molar-refractivity contribution in [2.24, 2.45) is 0 Å². The first kappa shape index (κ1) is 23.9. The van der Waals surface area contributed by atoms with Gasteiger partial charge in [0.2, 0.25) is 5.91 Å². The number of alkyl halides is 3. The summed E-state index contributed by atoms with van der Waals surface area (Å²) in [4.78, 5) is 28.7. The number of carbonyl (C=O) groups is 2. The third-order valence-corrected chi connectivity index (χ3v) is 5.90. The van der Waals surface area contributed by atoms with Gasteiger partial charge < -0.3 is 29.1 Å². The van der Waals surface area contributed by atoms with E-state index in [0.29, 0.717) is 57.1 Å². The summed E-state index contributed by atoms with van der Waals surface area (Å²) in [6.07, 6.45) is -3.46. The Morgan fingerprint density at radius 1 is 1.15 bits per heavy atom. The van der Waals surface area contributed by atoms with E-state index in [1.807, 2.05) is 0 Å². The summed E-state index contributed by atoms with van der Waals surface area (Å²) < 4.78 is 51.9. The molecule has 2 aliphatic rings. The van der Waals surface area contributed by atoms with Gasteiger partial charge >= 0.3 is 12.4 Å². The smallest absolute Gasteiger partial charge is 0.406 e. The topological polar surface area (TPSA) is 97.1 Å². The minimum atomic E-state index is -4.78. The van der Waals surface area contributed by atoms with Crippen LogP contribution >= 0.6 is 0 Å². The second-order valence-electron chi connectivity index (χ2n) is 8.45. The van der Waals surface area contributed by atoms with Crippen molar-refractivity contribution >= 4 is 17.6 Å². The number of amides is 3. The number of carbonyl (C=O) groups excluding carboxylic acids is 2. The number of likely N-dealkylation sites (tertiary alicyclic amines) is 1. The average molecular weight is 482 g/mol. The maximum absolute atomic E-state index is 12.8. The Hall–Kier alpha value is -3.28. The molecule has 3 heterocycles. The SMILES string of the molecule is Cc1cc(CC(=O)N2CCC3(CC2)CN(C(=O)Nc2ccc(OC(F)(F)F)cc2)CCO3)on1. The number of hydrogen-bond acceptors (Lipinski definition) is 6. The lowest BCUT2D eigenvalue weighted by atomic mass is 9.89. The number of nitrogens with one attached hydrogen (secondary N) is 1. The summed E-state index contributed by atoms with van der Waals surface area (Å²) in [5.41, 5.74) is 0.530. The van der Waals surface area contributed by atoms with Crippen molar-refractivity contribution in [2.45, 2.75) is 38.1 Å². The fourth-order valence-corrected chi connectivity index (χ4v) is 4.19. The molecule has 0 aliphatic carbocycles. The Kier molecular flexibility index (Phi) is 6.69. The Morgan fingerprint density at radius 2 is 1.85 bits per heavy atom. The zero-order valence-corrected chi connectivity index (χ0v) is 18.6. The highest BCUT2D eigenvalue weighted by Gasteiger charge is 2.42. The number of benzene rings is 1. The molecule has 4 rings (SSSR count). The number of aryl methyl sites for hydroxylation is 1. The molecule has 9 nitrogen and oxygen atoms in total. The van der Waals surface area contributed by atoms with Gasteiger partial charge in [0, 0.05) is 31.4 Å². The number of aromatic nitrogens is 1. The van der Waals surface area contributed by atoms with Crippen molar-refractivity contribution < 1.29 is 36.8 Å². The highest BCUT2D eigenvalue weighted by Crippen LogP contribution is 2.31. The fourth-order valence-electron chi connectivity index (χ4n) is 4.19. The summed E-state index contributed by atoms with van der Waals surface area (Å²) in [6.45, 7) is 3.90. The molecule has 0 radical (unpaired) electrons. The van der Waals surface area contributed by atoms with Gasteiger partial charge in [-0.05, 0) is 44.0 Å². The highest BCUT2D eigenvalue weighted by atomic mass is 19.4. The van der Waals surface area contributed by atoms with Crippen LogP contribution in [-0.2, 0) is 16.0 Å². The van der Waals surface area contributed by atoms with E-state index in [-0.39, 0.29) is 24.1 Å². The molecular formula is C22H25F3N4O5. The van der Waals surface area contributed by atoms with E-state index in [9.17, 15) is 22.8 Å². The van der Waals surface area contributed by atoms with E-state index in [2.05, 4.69) is 15.2 Å². The third kappa shape index (κ3) is 5.99. The molecule has 1 N–H and O–H groups in total. The van der Waals surface area contributed by atoms with Gasteiger partial charge in [0.1, 0.15) is 11.5 Å². The first-order valence-electron chi connectivity index (χ1n) is 10.9. The van der Waals surface area contributed by atoms with Crippen LogP contribution in [0.4, 0.5) is 23.7 Å². The summed E-state index contributed by atoms with van der Waals surface area (Å²) in [5, 5.41) is 6.49. The molecule has 0 unspecified atom stereocenters. The quantitative estimate of drug-likeness (QED) is 0.718. The number of halogens is 3. The molecule has 2 saturated heterocycles. The Balaban J connectivity index is 1.29. The van der Waals surface area contributed by atoms with Crippen LogP contribution in [0.3, 0.4) is 0 Å². The maximum Gasteiger partial charge on any atom is 0.573 e. The Morgan fingerprint density at radius 3 is 2.47 bits per heavy atom. The molecule has 3 amide bonds. The van der Waals surface area contributed by atoms with Crippen molar-refractivity contribution in [3.8, 4) is 5.75 Å². The van der Waals surface area contributed by atoms with Gasteiger partial charge in [0.05, 0.1) is 30.9 Å². The molecule has 12 heteroatoms. The zero-order valence-electron chi connectivity index (χ0n) is 18.6. The molecule has 34 heavy (non-hydrogen) atoms. The van der Waals surface area contributed by atoms with Gasteiger partial charge in [-0.1, -0.05) is 5.16 Å². The van der Waals surface area contributed by atoms with E-state index < -0.39 is 12.0 Å². The molecule has 184 valence electrons. The van der Waals surface area contributed by atoms with Gasteiger partial charge in [-0.15, -0.1) is 13.2 Å². The lowest BCUT2D eigenvalue weighted by molar-refractivity contribution is -0.274. The number of piperidine rings is 1. The van der Waals surface area contributed by atoms with Crippen LogP contribution < -0.4 is 10.1 Å². The number of hydrogen-bond donors (Lipinski definition) is 1. The van der Waals surface area contributed by atoms with Crippen molar-refractivity contribution in [1.82, 2.24) is 15.0 Å². The number of urea groups is 1. The van der Waals surface area contributed by atoms with Gasteiger partial charge in [-0.25, -0.2) is 4.79 Å². The van der Waals surface area contributed by atoms with Crippen LogP contribution in [-0.4, -0.2) is 71.6 Å². The van der Waals surface area contributed by atoms with Gasteiger partial charge in [0.15, 0.2) is 0 Å². The van der Waals surface area contributed by atoms with Gasteiger partial charge in [-0.2, -0.15) is 0 Å². The number of morpholine rings is 1. The van der Waals surface area contributed by atoms with E-state index in [1.165, 1.54) is 12.1 Å². The average Bonchev–Trinajstić information content (AvgIpc) is 3.19. The van der Waals surface area contributed by atoms with Crippen LogP contribution in [0.15, 0.2) is 34.9 Å². The molecule has 2 aliphatic heterocycles. The Labute approximate surface area is 193 Å². The molecule has 1 spiro atoms. The largest absolute Gasteiger partial charge is 0.573 e. The van der Waals surface area contributed by atoms with Crippen molar-refractivity contribution in [3.05, 3.63) is 41.8 Å². The summed E-state index contributed by atoms with van der Waals surface area (Å²) >= 11 is 0. The minimum absolute atomic E-state index is 0.0469. The van der Waals surface area contributed by atoms with Crippen molar-refractivity contribution in [3.63, 3.8) is 0 Å². The van der Waals surface area contributed by atoms with Crippen LogP contribution in [0.5, 0.6) is 5.75 Å². The van der Waals surface area contributed by atoms with E-state index in [0.717, 1.165) is 17.8 Å². The highest BCUT2D eigenvalue weighted by molar-refractivity contribution is 5.89. The van der Waals surface area contributed by atoms with Gasteiger partial charge in [-0.3, -0.25) is 4.79 Å². The predicted molar refractivity (Wildman–Crippen MR) is 113 cm³/mol. The van der Waals surface area contributed by atoms with Crippen LogP contribution in [0.1, 0.15) is 24.3 Å². The molecule has 1 aromatic heterocycles. The lowest BCUT2D eigenvalue weighted by Gasteiger charge is -2.47. The standard InChI is InChI=1S/C22H25F3N4O5/c1-15-12-18(34-27-15)13-19(30)28-8-6-21(7-9-28)14-29(10-11-32-21)20(31)26-16-2-4-17(5-3-16)33-22(23,24)25/h2-5,12H,6-11,13-14H2,1H3,(H,26,31). The van der Waals surface area contributed by atoms with Gasteiger partial charge in [0.25, 0.3) is 0 Å². The van der Waals surface area contributed by atoms with Crippen LogP contribution in [0, 0.1) is 6.92 Å². The van der Waals surface area contributed by atoms with Crippen LogP contribution in [0.2, 0.25) is 0 Å². The normalized spacial score (nSPS) is 18.1. The first-order valence-corrected chi connectivity index (χ1v) is 10.9. The molecule has 0 bridgehead atoms. The second kappa shape index (κ2) is 9.53. The van der Waals surface area contributed by atoms with Crippen molar-refractivity contribution in [2.75, 3.05) is 38.1 Å². The van der Waals surface area contributed by atoms with E-state index in [4.69, 9.17) is 9.26 Å². The lowest BCUT2D eigenvalue weighted by Crippen LogP contribution is -2.59. The predicted octanol–water partition coefficient (Wildman–Crippen LogP) is 3.35. The summed E-state index contributed by atoms with van der Waals surface area (Å²) in [6, 6.07) is 6.32. The number of anilines is 1. The van der Waals surface area contributed by atoms with Crippen molar-refractivity contribution in [1.29, 1.82) is 0 Å². The number of ether oxygens (including phenoxy) is 2. The third-order valence-electron chi connectivity index (χ3n) is 5.90. The van der Waals surface area contributed by atoms with E-state index >= 15 is 0 Å². The zero-order chi connectivity index (χ0) is 24.3. The molecule has 2 aromatic rings. The monoisotopic (exact) mass is 482 g/mol. The first-order chi connectivity index (χ1) is 16.1. The Bertz CT molecular complexity index is 1020. The number of nitrogens with zero attached hydrogens (tertiary/aromatic N) is 3. The number of rotatable bonds is 4. The van der Waals surface area contributed by atoms with Crippen LogP contribution in [0.25, 0.3) is 0 Å². The summed E-state index contributed by atoms with van der Waals surface area (Å²) in [7, 11) is 0. The molecule has 2 fully saturated rings. The minimum Gasteiger partial charge on any atom is -0.406 e.